The van der Waals surface area contributed by atoms with Gasteiger partial charge in [0.25, 0.3) is 0 Å². The number of nitrogens with zero attached hydrogens (tertiary/aromatic N) is 1. The molecule has 1 aliphatic heterocycles. The zero-order chi connectivity index (χ0) is 11.6. The smallest absolute Gasteiger partial charge is 0.0172 e. The Morgan fingerprint density at radius 2 is 2.12 bits per heavy atom. The van der Waals surface area contributed by atoms with Crippen LogP contribution in [0.25, 0.3) is 0 Å². The number of unbranched alkanes of at least 4 members (excludes halogenated alkanes) is 2. The van der Waals surface area contributed by atoms with E-state index >= 15 is 0 Å². The summed E-state index contributed by atoms with van der Waals surface area (Å²) < 4.78 is 0. The Kier molecular flexibility index (Phi) is 8.34. The molecular weight excluding hydrogens is 216 g/mol. The van der Waals surface area contributed by atoms with Crippen molar-refractivity contribution in [3.05, 3.63) is 0 Å². The van der Waals surface area contributed by atoms with Gasteiger partial charge in [0.2, 0.25) is 0 Å². The molecule has 1 saturated heterocycles. The first-order chi connectivity index (χ1) is 7.86. The van der Waals surface area contributed by atoms with E-state index in [4.69, 9.17) is 0 Å². The molecule has 0 aromatic heterocycles. The van der Waals surface area contributed by atoms with E-state index in [1.165, 1.54) is 64.2 Å². The highest BCUT2D eigenvalue weighted by Crippen LogP contribution is 2.20. The Bertz CT molecular complexity index is 164. The third kappa shape index (κ3) is 6.12. The van der Waals surface area contributed by atoms with Crippen molar-refractivity contribution < 1.29 is 0 Å². The van der Waals surface area contributed by atoms with E-state index in [1.807, 2.05) is 0 Å². The molecule has 2 nitrogen and oxygen atoms in total. The van der Waals surface area contributed by atoms with Gasteiger partial charge in [0, 0.05) is 37.2 Å². The highest BCUT2D eigenvalue weighted by Gasteiger charge is 2.17. The summed E-state index contributed by atoms with van der Waals surface area (Å²) >= 11 is 2.16. The Morgan fingerprint density at radius 1 is 1.25 bits per heavy atom. The van der Waals surface area contributed by atoms with Crippen LogP contribution in [0.4, 0.5) is 0 Å². The molecular formula is C13H28N2S. The van der Waals surface area contributed by atoms with Crippen molar-refractivity contribution in [2.75, 3.05) is 38.5 Å². The molecule has 1 rings (SSSR count). The molecule has 16 heavy (non-hydrogen) atoms. The Hall–Kier alpha value is 0.270. The summed E-state index contributed by atoms with van der Waals surface area (Å²) in [4.78, 5) is 2.62. The van der Waals surface area contributed by atoms with Crippen molar-refractivity contribution in [2.24, 2.45) is 0 Å². The van der Waals surface area contributed by atoms with Crippen LogP contribution < -0.4 is 5.32 Å². The van der Waals surface area contributed by atoms with Crippen LogP contribution in [0.15, 0.2) is 0 Å². The van der Waals surface area contributed by atoms with E-state index in [0.29, 0.717) is 0 Å². The Balaban J connectivity index is 1.95. The van der Waals surface area contributed by atoms with Gasteiger partial charge in [-0.2, -0.15) is 11.8 Å². The van der Waals surface area contributed by atoms with Crippen LogP contribution in [0.1, 0.15) is 39.5 Å². The number of hydrogen-bond donors (Lipinski definition) is 1. The molecule has 1 unspecified atom stereocenters. The van der Waals surface area contributed by atoms with Crippen LogP contribution in [0.2, 0.25) is 0 Å². The molecule has 3 heteroatoms. The monoisotopic (exact) mass is 244 g/mol. The lowest BCUT2D eigenvalue weighted by Crippen LogP contribution is -2.41. The second-order valence-electron chi connectivity index (χ2n) is 4.66. The molecule has 1 fully saturated rings. The van der Waals surface area contributed by atoms with Crippen molar-refractivity contribution >= 4 is 11.8 Å². The molecule has 0 saturated carbocycles. The lowest BCUT2D eigenvalue weighted by Gasteiger charge is -2.31. The first-order valence-electron chi connectivity index (χ1n) is 6.91. The lowest BCUT2D eigenvalue weighted by molar-refractivity contribution is 0.280. The van der Waals surface area contributed by atoms with Gasteiger partial charge in [-0.15, -0.1) is 0 Å². The molecule has 1 aliphatic rings. The van der Waals surface area contributed by atoms with Gasteiger partial charge in [0.05, 0.1) is 0 Å². The standard InChI is InChI=1S/C13H28N2S/c1-3-5-6-7-14-8-9-15-10-11-16-13(4-2)12-15/h13-14H,3-12H2,1-2H3. The zero-order valence-corrected chi connectivity index (χ0v) is 11.8. The van der Waals surface area contributed by atoms with Crippen LogP contribution in [-0.2, 0) is 0 Å². The Labute approximate surface area is 106 Å². The molecule has 96 valence electrons. The summed E-state index contributed by atoms with van der Waals surface area (Å²) in [5.74, 6) is 1.33. The fourth-order valence-corrected chi connectivity index (χ4v) is 3.34. The second-order valence-corrected chi connectivity index (χ2v) is 6.07. The molecule has 0 aromatic rings. The van der Waals surface area contributed by atoms with Gasteiger partial charge < -0.3 is 10.2 Å². The maximum Gasteiger partial charge on any atom is 0.0172 e. The van der Waals surface area contributed by atoms with Crippen LogP contribution >= 0.6 is 11.8 Å². The molecule has 1 heterocycles. The lowest BCUT2D eigenvalue weighted by atomic mass is 10.2. The molecule has 0 radical (unpaired) electrons. The average Bonchev–Trinajstić information content (AvgIpc) is 2.34. The minimum Gasteiger partial charge on any atom is -0.315 e. The summed E-state index contributed by atoms with van der Waals surface area (Å²) in [6, 6.07) is 0. The first kappa shape index (κ1) is 14.3. The van der Waals surface area contributed by atoms with Crippen molar-refractivity contribution in [2.45, 2.75) is 44.8 Å². The number of thioether (sulfide) groups is 1. The molecule has 1 atom stereocenters. The molecule has 0 amide bonds. The van der Waals surface area contributed by atoms with Crippen LogP contribution in [0.3, 0.4) is 0 Å². The van der Waals surface area contributed by atoms with Gasteiger partial charge in [0.15, 0.2) is 0 Å². The van der Waals surface area contributed by atoms with Crippen molar-refractivity contribution in [1.82, 2.24) is 10.2 Å². The van der Waals surface area contributed by atoms with Crippen molar-refractivity contribution in [1.29, 1.82) is 0 Å². The molecule has 0 bridgehead atoms. The van der Waals surface area contributed by atoms with E-state index in [-0.39, 0.29) is 0 Å². The highest BCUT2D eigenvalue weighted by molar-refractivity contribution is 8.00. The average molecular weight is 244 g/mol. The van der Waals surface area contributed by atoms with Gasteiger partial charge in [0.1, 0.15) is 0 Å². The third-order valence-corrected chi connectivity index (χ3v) is 4.61. The largest absolute Gasteiger partial charge is 0.315 e. The fourth-order valence-electron chi connectivity index (χ4n) is 2.09. The molecule has 0 aromatic carbocycles. The maximum atomic E-state index is 3.55. The molecule has 0 aliphatic carbocycles. The van der Waals surface area contributed by atoms with E-state index < -0.39 is 0 Å². The predicted octanol–water partition coefficient (Wildman–Crippen LogP) is 2.59. The van der Waals surface area contributed by atoms with E-state index in [0.717, 1.165) is 5.25 Å². The van der Waals surface area contributed by atoms with E-state index in [1.54, 1.807) is 0 Å². The summed E-state index contributed by atoms with van der Waals surface area (Å²) in [5, 5.41) is 4.44. The van der Waals surface area contributed by atoms with Crippen LogP contribution in [0, 0.1) is 0 Å². The summed E-state index contributed by atoms with van der Waals surface area (Å²) in [5.41, 5.74) is 0. The second kappa shape index (κ2) is 9.32. The molecule has 0 spiro atoms. The summed E-state index contributed by atoms with van der Waals surface area (Å²) in [6.07, 6.45) is 5.35. The van der Waals surface area contributed by atoms with Gasteiger partial charge in [-0.25, -0.2) is 0 Å². The number of rotatable bonds is 8. The van der Waals surface area contributed by atoms with Gasteiger partial charge in [-0.05, 0) is 19.4 Å². The van der Waals surface area contributed by atoms with Gasteiger partial charge >= 0.3 is 0 Å². The van der Waals surface area contributed by atoms with Crippen molar-refractivity contribution in [3.8, 4) is 0 Å². The quantitative estimate of drug-likeness (QED) is 0.661. The van der Waals surface area contributed by atoms with E-state index in [2.05, 4.69) is 35.8 Å². The SMILES string of the molecule is CCCCCNCCN1CCSC(CC)C1. The summed E-state index contributed by atoms with van der Waals surface area (Å²) in [6.45, 7) is 10.8. The van der Waals surface area contributed by atoms with Gasteiger partial charge in [-0.1, -0.05) is 26.7 Å². The van der Waals surface area contributed by atoms with Crippen LogP contribution in [0.5, 0.6) is 0 Å². The minimum atomic E-state index is 0.883. The number of nitrogens with one attached hydrogen (secondary N) is 1. The van der Waals surface area contributed by atoms with E-state index in [9.17, 15) is 0 Å². The Morgan fingerprint density at radius 3 is 2.88 bits per heavy atom. The maximum absolute atomic E-state index is 3.55. The topological polar surface area (TPSA) is 15.3 Å². The predicted molar refractivity (Wildman–Crippen MR) is 75.4 cm³/mol. The zero-order valence-electron chi connectivity index (χ0n) is 11.0. The molecule has 1 N–H and O–H groups in total. The third-order valence-electron chi connectivity index (χ3n) is 3.24. The first-order valence-corrected chi connectivity index (χ1v) is 7.96. The minimum absolute atomic E-state index is 0.883. The van der Waals surface area contributed by atoms with Gasteiger partial charge in [-0.3, -0.25) is 0 Å². The summed E-state index contributed by atoms with van der Waals surface area (Å²) in [7, 11) is 0. The normalized spacial score (nSPS) is 22.5. The van der Waals surface area contributed by atoms with Crippen molar-refractivity contribution in [3.63, 3.8) is 0 Å². The van der Waals surface area contributed by atoms with Crippen LogP contribution in [-0.4, -0.2) is 48.6 Å². The number of hydrogen-bond acceptors (Lipinski definition) is 3. The fraction of sp³-hybridized carbons (Fsp3) is 1.00. The highest BCUT2D eigenvalue weighted by atomic mass is 32.2.